The highest BCUT2D eigenvalue weighted by molar-refractivity contribution is 7.93. The molecule has 0 aliphatic rings. The van der Waals surface area contributed by atoms with Crippen LogP contribution in [0, 0.1) is 5.82 Å². The Morgan fingerprint density at radius 3 is 2.52 bits per heavy atom. The predicted octanol–water partition coefficient (Wildman–Crippen LogP) is 6.56. The van der Waals surface area contributed by atoms with Crippen LogP contribution in [0.25, 0.3) is 20.5 Å². The van der Waals surface area contributed by atoms with E-state index in [2.05, 4.69) is 24.7 Å². The normalized spacial score (nSPS) is 12.4. The molecule has 10 nitrogen and oxygen atoms in total. The number of aromatic nitrogens is 1. The summed E-state index contributed by atoms with van der Waals surface area (Å²) in [6, 6.07) is 12.1. The molecule has 1 atom stereocenters. The Labute approximate surface area is 250 Å². The lowest BCUT2D eigenvalue weighted by Gasteiger charge is -2.08. The number of nitrogens with one attached hydrogen (secondary N) is 2. The highest BCUT2D eigenvalue weighted by atomic mass is 35.5. The molecule has 2 heterocycles. The number of anilines is 3. The summed E-state index contributed by atoms with van der Waals surface area (Å²) in [5.74, 6) is -1.25. The van der Waals surface area contributed by atoms with Crippen LogP contribution in [0.2, 0.25) is 5.02 Å². The smallest absolute Gasteiger partial charge is 0.323 e. The Bertz CT molecular complexity index is 1800. The summed E-state index contributed by atoms with van der Waals surface area (Å²) in [6.07, 6.45) is 3.83. The Hall–Kier alpha value is -4.07. The van der Waals surface area contributed by atoms with Gasteiger partial charge in [0, 0.05) is 51.1 Å². The molecular formula is C28H27ClFN5O5S2. The molecule has 4 aromatic rings. The maximum absolute atomic E-state index is 13.4. The summed E-state index contributed by atoms with van der Waals surface area (Å²) >= 11 is 7.18. The average Bonchev–Trinajstić information content (AvgIpc) is 3.36. The third-order valence-electron chi connectivity index (χ3n) is 6.04. The fourth-order valence-electron chi connectivity index (χ4n) is 3.93. The van der Waals surface area contributed by atoms with Gasteiger partial charge >= 0.3 is 12.0 Å². The summed E-state index contributed by atoms with van der Waals surface area (Å²) in [7, 11) is -1.52. The van der Waals surface area contributed by atoms with Gasteiger partial charge in [0.15, 0.2) is 0 Å². The zero-order valence-electron chi connectivity index (χ0n) is 22.6. The van der Waals surface area contributed by atoms with Crippen molar-refractivity contribution in [1.29, 1.82) is 0 Å². The zero-order chi connectivity index (χ0) is 30.4. The number of halogens is 2. The first kappa shape index (κ1) is 30.9. The third kappa shape index (κ3) is 8.02. The molecular weight excluding hydrogens is 605 g/mol. The number of fused-ring (bicyclic) bond motifs is 1. The summed E-state index contributed by atoms with van der Waals surface area (Å²) in [5, 5.41) is 6.02. The van der Waals surface area contributed by atoms with Crippen molar-refractivity contribution in [2.45, 2.75) is 19.3 Å². The fourth-order valence-corrected chi connectivity index (χ4v) is 6.46. The van der Waals surface area contributed by atoms with Crippen molar-refractivity contribution in [3.63, 3.8) is 0 Å². The fraction of sp³-hybridized carbons (Fsp3) is 0.214. The van der Waals surface area contributed by atoms with Crippen molar-refractivity contribution in [3.05, 3.63) is 71.1 Å². The number of thiophene rings is 1. The molecule has 4 N–H and O–H groups in total. The molecule has 2 aromatic carbocycles. The number of rotatable bonds is 9. The van der Waals surface area contributed by atoms with Gasteiger partial charge in [0.25, 0.3) is 5.91 Å². The van der Waals surface area contributed by atoms with E-state index in [1.807, 2.05) is 12.1 Å². The SMILES string of the molecule is COC(=O)CCCCS(C)(=O)=NC(=O)c1cnc(N)c(-c2cc3cc(NC(=O)Nc4ccc(F)c(Cl)c4)ccc3s2)c1. The zero-order valence-corrected chi connectivity index (χ0v) is 25.0. The molecule has 0 fully saturated rings. The number of pyridine rings is 1. The number of methoxy groups -OCH3 is 1. The molecule has 0 aliphatic heterocycles. The second kappa shape index (κ2) is 13.3. The maximum Gasteiger partial charge on any atom is 0.323 e. The number of nitrogen functional groups attached to an aromatic ring is 1. The first-order valence-electron chi connectivity index (χ1n) is 12.6. The van der Waals surface area contributed by atoms with Crippen LogP contribution in [-0.4, -0.2) is 46.2 Å². The molecule has 0 bridgehead atoms. The van der Waals surface area contributed by atoms with E-state index in [0.29, 0.717) is 29.8 Å². The highest BCUT2D eigenvalue weighted by Gasteiger charge is 2.16. The van der Waals surface area contributed by atoms with Gasteiger partial charge in [-0.2, -0.15) is 4.36 Å². The topological polar surface area (TPSA) is 153 Å². The minimum Gasteiger partial charge on any atom is -0.469 e. The Kier molecular flexibility index (Phi) is 9.76. The molecule has 4 rings (SSSR count). The minimum atomic E-state index is -2.83. The van der Waals surface area contributed by atoms with Crippen LogP contribution in [0.1, 0.15) is 29.6 Å². The Morgan fingerprint density at radius 2 is 1.81 bits per heavy atom. The number of benzene rings is 2. The number of nitrogens with two attached hydrogens (primary N) is 1. The first-order valence-corrected chi connectivity index (χ1v) is 15.9. The first-order chi connectivity index (χ1) is 19.9. The second-order valence-corrected chi connectivity index (χ2v) is 13.3. The third-order valence-corrected chi connectivity index (χ3v) is 9.08. The van der Waals surface area contributed by atoms with E-state index in [9.17, 15) is 23.0 Å². The van der Waals surface area contributed by atoms with E-state index < -0.39 is 27.5 Å². The molecule has 0 spiro atoms. The van der Waals surface area contributed by atoms with Gasteiger partial charge in [-0.25, -0.2) is 18.4 Å². The molecule has 14 heteroatoms. The standard InChI is InChI=1S/C28H27ClFN5O5S2/c1-40-25(36)5-3-4-10-42(2,39)35-27(37)17-12-20(26(31)32-15-17)24-13-16-11-18(7-9-23(16)41-24)33-28(38)34-19-6-8-22(30)21(29)14-19/h6-9,11-15H,3-5,10H2,1-2H3,(H2,31,32)(H2,33,34,38). The molecule has 0 radical (unpaired) electrons. The van der Waals surface area contributed by atoms with Crippen LogP contribution >= 0.6 is 22.9 Å². The number of carbonyl (C=O) groups excluding carboxylic acids is 3. The summed E-state index contributed by atoms with van der Waals surface area (Å²) in [6.45, 7) is 0. The van der Waals surface area contributed by atoms with Crippen LogP contribution in [0.5, 0.6) is 0 Å². The monoisotopic (exact) mass is 631 g/mol. The van der Waals surface area contributed by atoms with E-state index in [0.717, 1.165) is 21.0 Å². The molecule has 2 aromatic heterocycles. The number of urea groups is 1. The molecule has 0 saturated heterocycles. The Balaban J connectivity index is 1.48. The number of carbonyl (C=O) groups is 3. The van der Waals surface area contributed by atoms with Crippen molar-refractivity contribution in [2.75, 3.05) is 35.5 Å². The van der Waals surface area contributed by atoms with Crippen LogP contribution in [0.4, 0.5) is 26.4 Å². The summed E-state index contributed by atoms with van der Waals surface area (Å²) < 4.78 is 35.6. The molecule has 1 unspecified atom stereocenters. The number of hydrogen-bond donors (Lipinski definition) is 3. The van der Waals surface area contributed by atoms with E-state index in [-0.39, 0.29) is 34.5 Å². The number of esters is 1. The lowest BCUT2D eigenvalue weighted by atomic mass is 10.1. The van der Waals surface area contributed by atoms with Gasteiger partial charge < -0.3 is 21.1 Å². The van der Waals surface area contributed by atoms with E-state index >= 15 is 0 Å². The number of unbranched alkanes of at least 4 members (excludes halogenated alkanes) is 1. The van der Waals surface area contributed by atoms with Crippen LogP contribution in [-0.2, 0) is 19.3 Å². The number of ether oxygens (including phenoxy) is 1. The van der Waals surface area contributed by atoms with Crippen molar-refractivity contribution >= 4 is 77.9 Å². The largest absolute Gasteiger partial charge is 0.469 e. The van der Waals surface area contributed by atoms with E-state index in [1.165, 1.54) is 43.0 Å². The molecule has 220 valence electrons. The van der Waals surface area contributed by atoms with Gasteiger partial charge in [-0.3, -0.25) is 9.59 Å². The van der Waals surface area contributed by atoms with Crippen molar-refractivity contribution in [2.24, 2.45) is 4.36 Å². The molecule has 42 heavy (non-hydrogen) atoms. The van der Waals surface area contributed by atoms with Gasteiger partial charge in [-0.1, -0.05) is 11.6 Å². The van der Waals surface area contributed by atoms with Gasteiger partial charge in [0.05, 0.1) is 27.4 Å². The minimum absolute atomic E-state index is 0.107. The van der Waals surface area contributed by atoms with Gasteiger partial charge in [-0.15, -0.1) is 11.3 Å². The van der Waals surface area contributed by atoms with Crippen molar-refractivity contribution < 1.29 is 27.7 Å². The average molecular weight is 632 g/mol. The second-order valence-electron chi connectivity index (χ2n) is 9.32. The number of nitrogens with zero attached hydrogens (tertiary/aromatic N) is 2. The van der Waals surface area contributed by atoms with Crippen LogP contribution in [0.3, 0.4) is 0 Å². The molecule has 0 aliphatic carbocycles. The van der Waals surface area contributed by atoms with Crippen LogP contribution < -0.4 is 16.4 Å². The summed E-state index contributed by atoms with van der Waals surface area (Å²) in [5.41, 5.74) is 7.63. The lowest BCUT2D eigenvalue weighted by Crippen LogP contribution is -2.19. The maximum atomic E-state index is 13.4. The van der Waals surface area contributed by atoms with E-state index in [4.69, 9.17) is 17.3 Å². The molecule has 0 saturated carbocycles. The van der Waals surface area contributed by atoms with Crippen molar-refractivity contribution in [1.82, 2.24) is 4.98 Å². The quantitative estimate of drug-likeness (QED) is 0.140. The molecule has 3 amide bonds. The number of hydrogen-bond acceptors (Lipinski definition) is 8. The van der Waals surface area contributed by atoms with Crippen LogP contribution in [0.15, 0.2) is 59.1 Å². The predicted molar refractivity (Wildman–Crippen MR) is 165 cm³/mol. The van der Waals surface area contributed by atoms with E-state index in [1.54, 1.807) is 18.2 Å². The van der Waals surface area contributed by atoms with Crippen molar-refractivity contribution in [3.8, 4) is 10.4 Å². The van der Waals surface area contributed by atoms with Gasteiger partial charge in [0.1, 0.15) is 11.6 Å². The van der Waals surface area contributed by atoms with Gasteiger partial charge in [-0.05, 0) is 66.8 Å². The number of amides is 3. The summed E-state index contributed by atoms with van der Waals surface area (Å²) in [4.78, 5) is 41.4. The lowest BCUT2D eigenvalue weighted by molar-refractivity contribution is -0.140. The van der Waals surface area contributed by atoms with Gasteiger partial charge in [0.2, 0.25) is 0 Å². The Morgan fingerprint density at radius 1 is 1.10 bits per heavy atom. The highest BCUT2D eigenvalue weighted by Crippen LogP contribution is 2.37.